The average Bonchev–Trinajstić information content (AvgIpc) is 3.19. The lowest BCUT2D eigenvalue weighted by Gasteiger charge is -2.03. The molecule has 5 heteroatoms. The molecule has 164 valence electrons. The molecular weight excluding hydrogens is 380 g/mol. The summed E-state index contributed by atoms with van der Waals surface area (Å²) in [6, 6.07) is 1.99. The summed E-state index contributed by atoms with van der Waals surface area (Å²) in [7, 11) is 0. The van der Waals surface area contributed by atoms with Crippen molar-refractivity contribution < 1.29 is 24.2 Å². The topological polar surface area (TPSA) is 87.7 Å². The number of aryl methyl sites for hydroxylation is 1. The Balaban J connectivity index is 2.36. The highest BCUT2D eigenvalue weighted by Gasteiger charge is 2.07. The molecule has 0 fully saturated rings. The van der Waals surface area contributed by atoms with Crippen molar-refractivity contribution in [2.75, 3.05) is 0 Å². The second-order valence-corrected chi connectivity index (χ2v) is 7.61. The Hall–Kier alpha value is -2.82. The minimum atomic E-state index is -0.973. The van der Waals surface area contributed by atoms with Gasteiger partial charge in [0.1, 0.15) is 0 Å². The molecule has 1 aromatic rings. The van der Waals surface area contributed by atoms with Crippen molar-refractivity contribution in [3.63, 3.8) is 0 Å². The van der Waals surface area contributed by atoms with Gasteiger partial charge in [0.05, 0.1) is 12.5 Å². The Bertz CT molecular complexity index is 792. The molecule has 0 aliphatic rings. The third-order valence-electron chi connectivity index (χ3n) is 4.94. The van der Waals surface area contributed by atoms with Crippen LogP contribution in [0.4, 0.5) is 0 Å². The molecule has 30 heavy (non-hydrogen) atoms. The van der Waals surface area contributed by atoms with E-state index in [2.05, 4.69) is 26.0 Å². The molecule has 0 bridgehead atoms. The maximum Gasteiger partial charge on any atom is 0.331 e. The number of carboxylic acid groups (broad SMARTS) is 2. The van der Waals surface area contributed by atoms with Gasteiger partial charge >= 0.3 is 11.9 Å². The number of hydrogen-bond donors (Lipinski definition) is 2. The highest BCUT2D eigenvalue weighted by Crippen LogP contribution is 2.15. The van der Waals surface area contributed by atoms with Crippen molar-refractivity contribution in [1.82, 2.24) is 0 Å². The standard InChI is InChI=1S/C25H34O5/c1-19(10-5-13-22-16-17-30-18-22)8-4-9-20(2)11-6-14-23(25(28)29)15-7-12-21(3)24(26)27/h9-10,12,14,16-18H,4-8,11,13,15H2,1-3H3,(H,26,27)(H,28,29)/b19-10+,20-9+,21-12+,23-14-. The van der Waals surface area contributed by atoms with E-state index >= 15 is 0 Å². The number of carbonyl (C=O) groups is 2. The number of hydrogen-bond acceptors (Lipinski definition) is 3. The van der Waals surface area contributed by atoms with Gasteiger partial charge in [-0.3, -0.25) is 0 Å². The van der Waals surface area contributed by atoms with Crippen LogP contribution < -0.4 is 0 Å². The molecule has 5 nitrogen and oxygen atoms in total. The molecule has 0 spiro atoms. The summed E-state index contributed by atoms with van der Waals surface area (Å²) in [6.07, 6.45) is 17.6. The minimum absolute atomic E-state index is 0.240. The van der Waals surface area contributed by atoms with Gasteiger partial charge in [0.25, 0.3) is 0 Å². The fraction of sp³-hybridized carbons (Fsp3) is 0.440. The van der Waals surface area contributed by atoms with Gasteiger partial charge < -0.3 is 14.6 Å². The lowest BCUT2D eigenvalue weighted by atomic mass is 10.0. The van der Waals surface area contributed by atoms with E-state index in [9.17, 15) is 14.7 Å². The van der Waals surface area contributed by atoms with Gasteiger partial charge in [0.15, 0.2) is 0 Å². The van der Waals surface area contributed by atoms with Crippen LogP contribution in [0, 0.1) is 0 Å². The van der Waals surface area contributed by atoms with Gasteiger partial charge in [-0.1, -0.05) is 35.5 Å². The zero-order chi connectivity index (χ0) is 22.4. The average molecular weight is 415 g/mol. The van der Waals surface area contributed by atoms with Crippen molar-refractivity contribution in [1.29, 1.82) is 0 Å². The highest BCUT2D eigenvalue weighted by molar-refractivity contribution is 5.87. The van der Waals surface area contributed by atoms with Crippen LogP contribution >= 0.6 is 0 Å². The van der Waals surface area contributed by atoms with Crippen LogP contribution in [-0.4, -0.2) is 22.2 Å². The zero-order valence-electron chi connectivity index (χ0n) is 18.3. The molecule has 0 radical (unpaired) electrons. The summed E-state index contributed by atoms with van der Waals surface area (Å²) < 4.78 is 5.07. The minimum Gasteiger partial charge on any atom is -0.478 e. The van der Waals surface area contributed by atoms with Gasteiger partial charge in [-0.2, -0.15) is 0 Å². The lowest BCUT2D eigenvalue weighted by Crippen LogP contribution is -2.01. The van der Waals surface area contributed by atoms with Crippen LogP contribution in [0.1, 0.15) is 71.3 Å². The maximum atomic E-state index is 11.4. The predicted octanol–water partition coefficient (Wildman–Crippen LogP) is 6.49. The summed E-state index contributed by atoms with van der Waals surface area (Å²) in [5.41, 5.74) is 4.43. The molecule has 0 atom stereocenters. The second-order valence-electron chi connectivity index (χ2n) is 7.61. The first-order chi connectivity index (χ1) is 14.3. The normalized spacial score (nSPS) is 13.6. The Kier molecular flexibility index (Phi) is 11.9. The van der Waals surface area contributed by atoms with E-state index in [4.69, 9.17) is 9.52 Å². The number of carboxylic acids is 2. The molecule has 0 aliphatic heterocycles. The Morgan fingerprint density at radius 2 is 1.43 bits per heavy atom. The fourth-order valence-corrected chi connectivity index (χ4v) is 2.97. The van der Waals surface area contributed by atoms with E-state index in [1.165, 1.54) is 23.6 Å². The van der Waals surface area contributed by atoms with Crippen LogP contribution in [0.3, 0.4) is 0 Å². The molecule has 0 saturated carbocycles. The van der Waals surface area contributed by atoms with Crippen LogP contribution in [0.15, 0.2) is 69.6 Å². The monoisotopic (exact) mass is 414 g/mol. The lowest BCUT2D eigenvalue weighted by molar-refractivity contribution is -0.133. The van der Waals surface area contributed by atoms with E-state index in [1.54, 1.807) is 24.7 Å². The third kappa shape index (κ3) is 11.2. The molecule has 0 unspecified atom stereocenters. The van der Waals surface area contributed by atoms with Crippen LogP contribution in [0.5, 0.6) is 0 Å². The Labute approximate surface area is 179 Å². The number of allylic oxidation sites excluding steroid dienone is 6. The van der Waals surface area contributed by atoms with Gasteiger partial charge in [0, 0.05) is 11.1 Å². The van der Waals surface area contributed by atoms with Crippen LogP contribution in [0.2, 0.25) is 0 Å². The summed E-state index contributed by atoms with van der Waals surface area (Å²) in [5, 5.41) is 18.1. The molecule has 0 saturated heterocycles. The molecule has 0 aliphatic carbocycles. The zero-order valence-corrected chi connectivity index (χ0v) is 18.3. The van der Waals surface area contributed by atoms with E-state index in [1.807, 2.05) is 6.07 Å². The summed E-state index contributed by atoms with van der Waals surface area (Å²) >= 11 is 0. The highest BCUT2D eigenvalue weighted by atomic mass is 16.4. The molecule has 1 aromatic heterocycles. The first-order valence-electron chi connectivity index (χ1n) is 10.4. The fourth-order valence-electron chi connectivity index (χ4n) is 2.97. The largest absolute Gasteiger partial charge is 0.478 e. The summed E-state index contributed by atoms with van der Waals surface area (Å²) in [4.78, 5) is 22.1. The maximum absolute atomic E-state index is 11.4. The Morgan fingerprint density at radius 3 is 2.00 bits per heavy atom. The molecule has 0 aromatic carbocycles. The summed E-state index contributed by atoms with van der Waals surface area (Å²) in [6.45, 7) is 5.74. The van der Waals surface area contributed by atoms with Crippen molar-refractivity contribution in [3.8, 4) is 0 Å². The van der Waals surface area contributed by atoms with Crippen molar-refractivity contribution in [2.24, 2.45) is 0 Å². The quantitative estimate of drug-likeness (QED) is 0.268. The van der Waals surface area contributed by atoms with E-state index in [0.717, 1.165) is 32.1 Å². The smallest absolute Gasteiger partial charge is 0.331 e. The molecule has 1 rings (SSSR count). The van der Waals surface area contributed by atoms with Gasteiger partial charge in [0.2, 0.25) is 0 Å². The molecule has 2 N–H and O–H groups in total. The molecule has 1 heterocycles. The Morgan fingerprint density at radius 1 is 0.833 bits per heavy atom. The second kappa shape index (κ2) is 14.2. The summed E-state index contributed by atoms with van der Waals surface area (Å²) in [5.74, 6) is -1.91. The van der Waals surface area contributed by atoms with Gasteiger partial charge in [-0.25, -0.2) is 9.59 Å². The van der Waals surface area contributed by atoms with E-state index < -0.39 is 11.9 Å². The van der Waals surface area contributed by atoms with Crippen molar-refractivity contribution in [2.45, 2.75) is 72.1 Å². The number of rotatable bonds is 14. The van der Waals surface area contributed by atoms with Gasteiger partial charge in [-0.05, 0) is 83.8 Å². The van der Waals surface area contributed by atoms with Crippen molar-refractivity contribution >= 4 is 11.9 Å². The number of furan rings is 1. The first-order valence-corrected chi connectivity index (χ1v) is 10.4. The third-order valence-corrected chi connectivity index (χ3v) is 4.94. The van der Waals surface area contributed by atoms with Crippen molar-refractivity contribution in [3.05, 3.63) is 70.8 Å². The van der Waals surface area contributed by atoms with Crippen LogP contribution in [-0.2, 0) is 16.0 Å². The van der Waals surface area contributed by atoms with Crippen LogP contribution in [0.25, 0.3) is 0 Å². The number of aliphatic carboxylic acids is 2. The van der Waals surface area contributed by atoms with E-state index in [0.29, 0.717) is 24.8 Å². The van der Waals surface area contributed by atoms with Gasteiger partial charge in [-0.15, -0.1) is 0 Å². The SMILES string of the molecule is C/C(=C\CC/C(C)=C/CCc1ccoc1)CC/C=C(/CC/C=C(\C)C(=O)O)C(=O)O. The molecule has 0 amide bonds. The predicted molar refractivity (Wildman–Crippen MR) is 119 cm³/mol. The first kappa shape index (κ1) is 25.2. The van der Waals surface area contributed by atoms with E-state index in [-0.39, 0.29) is 5.57 Å². The molecular formula is C25H34O5.